The minimum absolute atomic E-state index is 0.272. The number of rotatable bonds is 4. The summed E-state index contributed by atoms with van der Waals surface area (Å²) in [4.78, 5) is 20.6. The zero-order valence-corrected chi connectivity index (χ0v) is 14.3. The molecule has 6 heteroatoms. The number of nitrogens with one attached hydrogen (secondary N) is 1. The fraction of sp³-hybridized carbons (Fsp3) is 0.100. The minimum atomic E-state index is -0.308. The SMILES string of the molecule is Cc1cnc(C(=O)Nc2ccnn2Cc2cccc3ccccc23)cn1. The molecule has 0 radical (unpaired) electrons. The molecule has 0 spiro atoms. The van der Waals surface area contributed by atoms with Crippen molar-refractivity contribution in [1.82, 2.24) is 19.7 Å². The third-order valence-electron chi connectivity index (χ3n) is 4.17. The molecule has 0 saturated heterocycles. The van der Waals surface area contributed by atoms with E-state index in [2.05, 4.69) is 44.6 Å². The fourth-order valence-electron chi connectivity index (χ4n) is 2.85. The van der Waals surface area contributed by atoms with Gasteiger partial charge in [0.15, 0.2) is 0 Å². The molecule has 0 aliphatic heterocycles. The second-order valence-electron chi connectivity index (χ2n) is 6.01. The zero-order valence-electron chi connectivity index (χ0n) is 14.3. The van der Waals surface area contributed by atoms with E-state index >= 15 is 0 Å². The molecule has 4 aromatic rings. The average molecular weight is 343 g/mol. The Morgan fingerprint density at radius 3 is 2.73 bits per heavy atom. The van der Waals surface area contributed by atoms with E-state index < -0.39 is 0 Å². The minimum Gasteiger partial charge on any atom is -0.305 e. The Labute approximate surface area is 150 Å². The van der Waals surface area contributed by atoms with E-state index in [9.17, 15) is 4.79 Å². The predicted molar refractivity (Wildman–Crippen MR) is 100.0 cm³/mol. The van der Waals surface area contributed by atoms with Crippen molar-refractivity contribution in [3.05, 3.63) is 84.1 Å². The molecule has 0 unspecified atom stereocenters. The van der Waals surface area contributed by atoms with Crippen LogP contribution in [0.2, 0.25) is 0 Å². The lowest BCUT2D eigenvalue weighted by atomic mass is 10.0. The molecule has 128 valence electrons. The van der Waals surface area contributed by atoms with E-state index in [0.717, 1.165) is 11.3 Å². The molecular formula is C20H17N5O. The Balaban J connectivity index is 1.59. The topological polar surface area (TPSA) is 72.7 Å². The molecule has 2 heterocycles. The van der Waals surface area contributed by atoms with Crippen LogP contribution in [0.3, 0.4) is 0 Å². The number of benzene rings is 2. The van der Waals surface area contributed by atoms with Crippen molar-refractivity contribution < 1.29 is 4.79 Å². The molecule has 1 N–H and O–H groups in total. The second-order valence-corrected chi connectivity index (χ2v) is 6.01. The fourth-order valence-corrected chi connectivity index (χ4v) is 2.85. The van der Waals surface area contributed by atoms with E-state index in [4.69, 9.17) is 0 Å². The molecule has 26 heavy (non-hydrogen) atoms. The smallest absolute Gasteiger partial charge is 0.277 e. The lowest BCUT2D eigenvalue weighted by Crippen LogP contribution is -2.17. The lowest BCUT2D eigenvalue weighted by molar-refractivity contribution is 0.102. The van der Waals surface area contributed by atoms with Gasteiger partial charge in [0, 0.05) is 12.3 Å². The summed E-state index contributed by atoms with van der Waals surface area (Å²) >= 11 is 0. The van der Waals surface area contributed by atoms with Gasteiger partial charge < -0.3 is 5.32 Å². The van der Waals surface area contributed by atoms with Crippen LogP contribution in [-0.2, 0) is 6.54 Å². The van der Waals surface area contributed by atoms with Crippen molar-refractivity contribution in [2.45, 2.75) is 13.5 Å². The van der Waals surface area contributed by atoms with E-state index in [1.165, 1.54) is 17.0 Å². The highest BCUT2D eigenvalue weighted by Crippen LogP contribution is 2.20. The molecule has 2 aromatic carbocycles. The van der Waals surface area contributed by atoms with Crippen molar-refractivity contribution in [2.24, 2.45) is 0 Å². The lowest BCUT2D eigenvalue weighted by Gasteiger charge is -2.11. The van der Waals surface area contributed by atoms with Gasteiger partial charge in [-0.05, 0) is 23.3 Å². The van der Waals surface area contributed by atoms with Gasteiger partial charge in [0.25, 0.3) is 5.91 Å². The molecule has 2 aromatic heterocycles. The van der Waals surface area contributed by atoms with Crippen molar-refractivity contribution in [1.29, 1.82) is 0 Å². The summed E-state index contributed by atoms with van der Waals surface area (Å²) in [7, 11) is 0. The number of aryl methyl sites for hydroxylation is 1. The molecule has 0 aliphatic rings. The highest BCUT2D eigenvalue weighted by atomic mass is 16.2. The summed E-state index contributed by atoms with van der Waals surface area (Å²) in [5, 5.41) is 9.55. The number of amides is 1. The molecule has 0 aliphatic carbocycles. The van der Waals surface area contributed by atoms with Crippen LogP contribution in [0.5, 0.6) is 0 Å². The van der Waals surface area contributed by atoms with Crippen LogP contribution in [0.25, 0.3) is 10.8 Å². The number of nitrogens with zero attached hydrogens (tertiary/aromatic N) is 4. The first-order valence-electron chi connectivity index (χ1n) is 8.29. The highest BCUT2D eigenvalue weighted by Gasteiger charge is 2.12. The maximum Gasteiger partial charge on any atom is 0.277 e. The number of hydrogen-bond acceptors (Lipinski definition) is 4. The molecule has 0 atom stereocenters. The number of aromatic nitrogens is 4. The van der Waals surface area contributed by atoms with E-state index in [0.29, 0.717) is 12.4 Å². The molecule has 6 nitrogen and oxygen atoms in total. The van der Waals surface area contributed by atoms with Gasteiger partial charge in [-0.15, -0.1) is 0 Å². The number of hydrogen-bond donors (Lipinski definition) is 1. The maximum absolute atomic E-state index is 12.4. The summed E-state index contributed by atoms with van der Waals surface area (Å²) in [5.41, 5.74) is 2.17. The van der Waals surface area contributed by atoms with Crippen LogP contribution in [0.1, 0.15) is 21.7 Å². The Morgan fingerprint density at radius 1 is 1.04 bits per heavy atom. The molecule has 4 rings (SSSR count). The first kappa shape index (κ1) is 16.0. The highest BCUT2D eigenvalue weighted by molar-refractivity contribution is 6.02. The van der Waals surface area contributed by atoms with E-state index in [1.54, 1.807) is 23.1 Å². The summed E-state index contributed by atoms with van der Waals surface area (Å²) < 4.78 is 1.77. The van der Waals surface area contributed by atoms with Crippen molar-refractivity contribution >= 4 is 22.5 Å². The maximum atomic E-state index is 12.4. The van der Waals surface area contributed by atoms with Crippen LogP contribution in [0.15, 0.2) is 67.1 Å². The van der Waals surface area contributed by atoms with E-state index in [1.807, 2.05) is 25.1 Å². The quantitative estimate of drug-likeness (QED) is 0.616. The number of carbonyl (C=O) groups excluding carboxylic acids is 1. The summed E-state index contributed by atoms with van der Waals surface area (Å²) in [5.74, 6) is 0.308. The van der Waals surface area contributed by atoms with Crippen LogP contribution < -0.4 is 5.32 Å². The van der Waals surface area contributed by atoms with Gasteiger partial charge in [0.2, 0.25) is 0 Å². The third-order valence-corrected chi connectivity index (χ3v) is 4.17. The Hall–Kier alpha value is -3.54. The van der Waals surface area contributed by atoms with Crippen molar-refractivity contribution in [3.63, 3.8) is 0 Å². The van der Waals surface area contributed by atoms with Gasteiger partial charge in [-0.25, -0.2) is 9.67 Å². The van der Waals surface area contributed by atoms with Crippen LogP contribution in [0, 0.1) is 6.92 Å². The number of anilines is 1. The van der Waals surface area contributed by atoms with Gasteiger partial charge in [-0.3, -0.25) is 9.78 Å². The second kappa shape index (κ2) is 6.76. The Bertz CT molecular complexity index is 1060. The van der Waals surface area contributed by atoms with Crippen LogP contribution in [-0.4, -0.2) is 25.7 Å². The summed E-state index contributed by atoms with van der Waals surface area (Å²) in [6.07, 6.45) is 4.71. The summed E-state index contributed by atoms with van der Waals surface area (Å²) in [6.45, 7) is 2.39. The number of carbonyl (C=O) groups is 1. The normalized spacial score (nSPS) is 10.8. The molecule has 0 saturated carbocycles. The van der Waals surface area contributed by atoms with Gasteiger partial charge in [0.05, 0.1) is 24.6 Å². The van der Waals surface area contributed by atoms with E-state index in [-0.39, 0.29) is 11.6 Å². The van der Waals surface area contributed by atoms with Gasteiger partial charge >= 0.3 is 0 Å². The van der Waals surface area contributed by atoms with Gasteiger partial charge in [-0.2, -0.15) is 5.10 Å². The average Bonchev–Trinajstić information content (AvgIpc) is 3.09. The predicted octanol–water partition coefficient (Wildman–Crippen LogP) is 3.44. The first-order chi connectivity index (χ1) is 12.7. The van der Waals surface area contributed by atoms with Gasteiger partial charge in [-0.1, -0.05) is 42.5 Å². The zero-order chi connectivity index (χ0) is 17.9. The summed E-state index contributed by atoms with van der Waals surface area (Å²) in [6, 6.07) is 16.2. The molecular weight excluding hydrogens is 326 g/mol. The number of fused-ring (bicyclic) bond motifs is 1. The standard InChI is InChI=1S/C20H17N5O/c1-14-11-22-18(12-21-14)20(26)24-19-9-10-23-25(19)13-16-7-4-6-15-5-2-3-8-17(15)16/h2-12H,13H2,1H3,(H,24,26). The van der Waals surface area contributed by atoms with Gasteiger partial charge in [0.1, 0.15) is 11.5 Å². The molecule has 1 amide bonds. The molecule has 0 fully saturated rings. The van der Waals surface area contributed by atoms with Crippen molar-refractivity contribution in [2.75, 3.05) is 5.32 Å². The third kappa shape index (κ3) is 3.17. The monoisotopic (exact) mass is 343 g/mol. The van der Waals surface area contributed by atoms with Crippen LogP contribution in [0.4, 0.5) is 5.82 Å². The Kier molecular flexibility index (Phi) is 4.15. The Morgan fingerprint density at radius 2 is 1.88 bits per heavy atom. The largest absolute Gasteiger partial charge is 0.305 e. The molecule has 0 bridgehead atoms. The van der Waals surface area contributed by atoms with Crippen LogP contribution >= 0.6 is 0 Å². The van der Waals surface area contributed by atoms with Crippen molar-refractivity contribution in [3.8, 4) is 0 Å². The first-order valence-corrected chi connectivity index (χ1v) is 8.29.